The molecule has 1 aromatic rings. The van der Waals surface area contributed by atoms with Crippen LogP contribution >= 0.6 is 0 Å². The van der Waals surface area contributed by atoms with E-state index < -0.39 is 0 Å². The molecular weight excluding hydrogens is 392 g/mol. The molecule has 0 unspecified atom stereocenters. The van der Waals surface area contributed by atoms with Gasteiger partial charge in [-0.15, -0.1) is 0 Å². The molecule has 1 aromatic heterocycles. The van der Waals surface area contributed by atoms with Crippen LogP contribution in [0, 0.1) is 0 Å². The molecule has 2 aliphatic heterocycles. The molecular formula is C23H38N6O2. The number of rotatable bonds is 5. The van der Waals surface area contributed by atoms with Crippen LogP contribution in [0.5, 0.6) is 0 Å². The molecule has 2 fully saturated rings. The van der Waals surface area contributed by atoms with Gasteiger partial charge in [0, 0.05) is 72.3 Å². The molecule has 0 saturated carbocycles. The summed E-state index contributed by atoms with van der Waals surface area (Å²) in [6.07, 6.45) is 3.78. The summed E-state index contributed by atoms with van der Waals surface area (Å²) in [6.45, 7) is 11.1. The van der Waals surface area contributed by atoms with Gasteiger partial charge in [-0.25, -0.2) is 4.98 Å². The van der Waals surface area contributed by atoms with Crippen molar-refractivity contribution in [1.82, 2.24) is 19.8 Å². The summed E-state index contributed by atoms with van der Waals surface area (Å²) in [5.41, 5.74) is 1.06. The first kappa shape index (κ1) is 23.3. The van der Waals surface area contributed by atoms with E-state index in [1.807, 2.05) is 23.9 Å². The lowest BCUT2D eigenvalue weighted by Crippen LogP contribution is -2.46. The second-order valence-electron chi connectivity index (χ2n) is 9.30. The fraction of sp³-hybridized carbons (Fsp3) is 0.739. The molecule has 8 heteroatoms. The van der Waals surface area contributed by atoms with Crippen LogP contribution in [-0.2, 0) is 9.59 Å². The van der Waals surface area contributed by atoms with E-state index in [0.717, 1.165) is 69.3 Å². The van der Waals surface area contributed by atoms with Gasteiger partial charge in [-0.05, 0) is 31.6 Å². The molecule has 3 heterocycles. The second kappa shape index (κ2) is 9.83. The highest BCUT2D eigenvalue weighted by Crippen LogP contribution is 2.27. The van der Waals surface area contributed by atoms with Crippen molar-refractivity contribution in [2.75, 3.05) is 50.1 Å². The van der Waals surface area contributed by atoms with E-state index in [-0.39, 0.29) is 11.8 Å². The van der Waals surface area contributed by atoms with Crippen LogP contribution in [0.25, 0.3) is 0 Å². The summed E-state index contributed by atoms with van der Waals surface area (Å²) in [5, 5.41) is 0. The summed E-state index contributed by atoms with van der Waals surface area (Å²) in [5.74, 6) is 2.36. The van der Waals surface area contributed by atoms with Crippen LogP contribution < -0.4 is 9.80 Å². The molecule has 0 radical (unpaired) electrons. The number of carbonyl (C=O) groups excluding carboxylic acids is 2. The first-order chi connectivity index (χ1) is 14.7. The smallest absolute Gasteiger partial charge is 0.227 e. The van der Waals surface area contributed by atoms with Crippen molar-refractivity contribution in [3.05, 3.63) is 11.8 Å². The quantitative estimate of drug-likeness (QED) is 0.715. The number of hydrogen-bond donors (Lipinski definition) is 0. The lowest BCUT2D eigenvalue weighted by molar-refractivity contribution is -0.130. The third kappa shape index (κ3) is 5.46. The van der Waals surface area contributed by atoms with Crippen molar-refractivity contribution in [2.45, 2.75) is 71.4 Å². The topological polar surface area (TPSA) is 72.9 Å². The summed E-state index contributed by atoms with van der Waals surface area (Å²) < 4.78 is 0. The van der Waals surface area contributed by atoms with E-state index >= 15 is 0 Å². The molecule has 0 atom stereocenters. The highest BCUT2D eigenvalue weighted by molar-refractivity contribution is 5.73. The average molecular weight is 431 g/mol. The summed E-state index contributed by atoms with van der Waals surface area (Å²) in [6, 6.07) is 2.72. The molecule has 3 rings (SSSR count). The van der Waals surface area contributed by atoms with Crippen LogP contribution in [-0.4, -0.2) is 83.9 Å². The fourth-order valence-corrected chi connectivity index (χ4v) is 4.49. The maximum atomic E-state index is 11.7. The Morgan fingerprint density at radius 2 is 1.32 bits per heavy atom. The predicted octanol–water partition coefficient (Wildman–Crippen LogP) is 2.49. The standard InChI is InChI=1S/C23H38N6O2/c1-16(2)21-15-22(28-11-7-19(8-12-28)26(5)17(3)30)25-23(24-21)29-13-9-20(10-14-29)27(6)18(4)31/h15-16,19-20H,7-14H2,1-6H3. The Morgan fingerprint density at radius 3 is 1.74 bits per heavy atom. The molecule has 2 amide bonds. The van der Waals surface area contributed by atoms with E-state index in [1.165, 1.54) is 0 Å². The van der Waals surface area contributed by atoms with Crippen molar-refractivity contribution in [1.29, 1.82) is 0 Å². The van der Waals surface area contributed by atoms with Gasteiger partial charge in [0.05, 0.1) is 5.69 Å². The van der Waals surface area contributed by atoms with E-state index in [9.17, 15) is 9.59 Å². The number of hydrogen-bond acceptors (Lipinski definition) is 6. The second-order valence-corrected chi connectivity index (χ2v) is 9.30. The van der Waals surface area contributed by atoms with Crippen molar-refractivity contribution < 1.29 is 9.59 Å². The maximum absolute atomic E-state index is 11.7. The molecule has 8 nitrogen and oxygen atoms in total. The van der Waals surface area contributed by atoms with E-state index in [2.05, 4.69) is 29.7 Å². The fourth-order valence-electron chi connectivity index (χ4n) is 4.49. The van der Waals surface area contributed by atoms with E-state index in [4.69, 9.17) is 9.97 Å². The van der Waals surface area contributed by atoms with Crippen molar-refractivity contribution in [3.63, 3.8) is 0 Å². The first-order valence-electron chi connectivity index (χ1n) is 11.5. The van der Waals surface area contributed by atoms with Gasteiger partial charge in [0.25, 0.3) is 0 Å². The Morgan fingerprint density at radius 1 is 0.871 bits per heavy atom. The summed E-state index contributed by atoms with van der Waals surface area (Å²) in [7, 11) is 3.79. The minimum atomic E-state index is 0.123. The number of carbonyl (C=O) groups is 2. The van der Waals surface area contributed by atoms with Crippen LogP contribution in [0.15, 0.2) is 6.07 Å². The number of nitrogens with zero attached hydrogens (tertiary/aromatic N) is 6. The Hall–Kier alpha value is -2.38. The minimum absolute atomic E-state index is 0.123. The maximum Gasteiger partial charge on any atom is 0.227 e. The lowest BCUT2D eigenvalue weighted by Gasteiger charge is -2.38. The summed E-state index contributed by atoms with van der Waals surface area (Å²) >= 11 is 0. The largest absolute Gasteiger partial charge is 0.356 e. The molecule has 0 bridgehead atoms. The number of amides is 2. The predicted molar refractivity (Wildman–Crippen MR) is 123 cm³/mol. The highest BCUT2D eigenvalue weighted by atomic mass is 16.2. The SMILES string of the molecule is CC(=O)N(C)C1CCN(c2cc(C(C)C)nc(N3CCC(N(C)C(C)=O)CC3)n2)CC1. The zero-order valence-corrected chi connectivity index (χ0v) is 20.0. The van der Waals surface area contributed by atoms with E-state index in [1.54, 1.807) is 13.8 Å². The normalized spacial score (nSPS) is 18.4. The van der Waals surface area contributed by atoms with Gasteiger partial charge in [-0.1, -0.05) is 13.8 Å². The van der Waals surface area contributed by atoms with Gasteiger partial charge in [0.15, 0.2) is 0 Å². The zero-order chi connectivity index (χ0) is 22.7. The minimum Gasteiger partial charge on any atom is -0.356 e. The van der Waals surface area contributed by atoms with Crippen LogP contribution in [0.2, 0.25) is 0 Å². The van der Waals surface area contributed by atoms with Gasteiger partial charge in [0.1, 0.15) is 5.82 Å². The molecule has 172 valence electrons. The Balaban J connectivity index is 1.72. The molecule has 0 aromatic carbocycles. The van der Waals surface area contributed by atoms with Crippen LogP contribution in [0.3, 0.4) is 0 Å². The van der Waals surface area contributed by atoms with Crippen molar-refractivity contribution in [2.24, 2.45) is 0 Å². The third-order valence-corrected chi connectivity index (χ3v) is 6.94. The molecule has 2 aliphatic rings. The van der Waals surface area contributed by atoms with Crippen LogP contribution in [0.1, 0.15) is 65.0 Å². The number of aromatic nitrogens is 2. The Kier molecular flexibility index (Phi) is 7.38. The third-order valence-electron chi connectivity index (χ3n) is 6.94. The van der Waals surface area contributed by atoms with Gasteiger partial charge in [0.2, 0.25) is 17.8 Å². The van der Waals surface area contributed by atoms with E-state index in [0.29, 0.717) is 18.0 Å². The van der Waals surface area contributed by atoms with Crippen molar-refractivity contribution >= 4 is 23.6 Å². The van der Waals surface area contributed by atoms with Crippen molar-refractivity contribution in [3.8, 4) is 0 Å². The Labute approximate surface area is 186 Å². The van der Waals surface area contributed by atoms with Crippen LogP contribution in [0.4, 0.5) is 11.8 Å². The first-order valence-corrected chi connectivity index (χ1v) is 11.5. The highest BCUT2D eigenvalue weighted by Gasteiger charge is 2.28. The average Bonchev–Trinajstić information content (AvgIpc) is 2.77. The zero-order valence-electron chi connectivity index (χ0n) is 20.0. The monoisotopic (exact) mass is 430 g/mol. The molecule has 0 spiro atoms. The number of piperidine rings is 2. The Bertz CT molecular complexity index is 724. The van der Waals surface area contributed by atoms with Gasteiger partial charge in [-0.3, -0.25) is 9.59 Å². The molecule has 0 aliphatic carbocycles. The number of anilines is 2. The molecule has 31 heavy (non-hydrogen) atoms. The van der Waals surface area contributed by atoms with Gasteiger partial charge in [-0.2, -0.15) is 4.98 Å². The molecule has 2 saturated heterocycles. The summed E-state index contributed by atoms with van der Waals surface area (Å²) in [4.78, 5) is 41.5. The lowest BCUT2D eigenvalue weighted by atomic mass is 10.0. The molecule has 0 N–H and O–H groups in total. The van der Waals surface area contributed by atoms with Gasteiger partial charge >= 0.3 is 0 Å². The van der Waals surface area contributed by atoms with Gasteiger partial charge < -0.3 is 19.6 Å².